The largest absolute Gasteiger partial charge is 0.491 e. The van der Waals surface area contributed by atoms with E-state index in [-0.39, 0.29) is 12.0 Å². The van der Waals surface area contributed by atoms with Crippen molar-refractivity contribution in [3.8, 4) is 5.75 Å². The Hall–Kier alpha value is -1.59. The Morgan fingerprint density at radius 2 is 2.38 bits per heavy atom. The Balaban J connectivity index is 1.80. The average Bonchev–Trinajstić information content (AvgIpc) is 3.03. The molecular weight excluding hydrogens is 270 g/mol. The number of nitrogens with one attached hydrogen (secondary N) is 1. The highest BCUT2D eigenvalue weighted by Gasteiger charge is 2.16. The van der Waals surface area contributed by atoms with Crippen LogP contribution in [0.3, 0.4) is 0 Å². The van der Waals surface area contributed by atoms with E-state index < -0.39 is 0 Å². The maximum atomic E-state index is 12.0. The molecule has 2 rings (SSSR count). The highest BCUT2D eigenvalue weighted by atomic mass is 16.5. The second kappa shape index (κ2) is 8.64. The number of benzene rings is 1. The van der Waals surface area contributed by atoms with Gasteiger partial charge in [-0.15, -0.1) is 0 Å². The van der Waals surface area contributed by atoms with E-state index in [4.69, 9.17) is 14.2 Å². The molecule has 1 heterocycles. The zero-order valence-electron chi connectivity index (χ0n) is 12.5. The lowest BCUT2D eigenvalue weighted by Gasteiger charge is -2.12. The molecule has 1 aliphatic rings. The van der Waals surface area contributed by atoms with Crippen molar-refractivity contribution in [2.45, 2.75) is 25.4 Å². The first-order chi connectivity index (χ1) is 10.3. The van der Waals surface area contributed by atoms with Crippen molar-refractivity contribution in [1.82, 2.24) is 5.32 Å². The molecule has 0 saturated carbocycles. The van der Waals surface area contributed by atoms with Crippen molar-refractivity contribution in [2.75, 3.05) is 33.5 Å². The minimum atomic E-state index is -0.0892. The van der Waals surface area contributed by atoms with Crippen LogP contribution in [0.5, 0.6) is 5.75 Å². The van der Waals surface area contributed by atoms with Gasteiger partial charge in [0.1, 0.15) is 12.4 Å². The van der Waals surface area contributed by atoms with Gasteiger partial charge in [-0.3, -0.25) is 4.79 Å². The second-order valence-electron chi connectivity index (χ2n) is 5.08. The topological polar surface area (TPSA) is 56.8 Å². The van der Waals surface area contributed by atoms with Gasteiger partial charge < -0.3 is 19.5 Å². The lowest BCUT2D eigenvalue weighted by atomic mass is 10.2. The predicted molar refractivity (Wildman–Crippen MR) is 79.7 cm³/mol. The minimum Gasteiger partial charge on any atom is -0.491 e. The molecule has 0 aromatic heterocycles. The van der Waals surface area contributed by atoms with Gasteiger partial charge in [0.15, 0.2) is 0 Å². The highest BCUT2D eigenvalue weighted by Crippen LogP contribution is 2.17. The average molecular weight is 293 g/mol. The zero-order chi connectivity index (χ0) is 14.9. The van der Waals surface area contributed by atoms with Crippen LogP contribution in [-0.2, 0) is 9.47 Å². The van der Waals surface area contributed by atoms with Crippen molar-refractivity contribution < 1.29 is 19.0 Å². The standard InChI is InChI=1S/C16H23NO4/c1-19-9-4-8-17-16(18)13-5-2-6-14(11-13)21-12-15-7-3-10-20-15/h2,5-6,11,15H,3-4,7-10,12H2,1H3,(H,17,18)/t15-/m1/s1. The van der Waals surface area contributed by atoms with Gasteiger partial charge in [0, 0.05) is 32.4 Å². The van der Waals surface area contributed by atoms with E-state index >= 15 is 0 Å². The molecule has 1 aromatic rings. The lowest BCUT2D eigenvalue weighted by molar-refractivity contribution is 0.0679. The quantitative estimate of drug-likeness (QED) is 0.745. The molecule has 1 saturated heterocycles. The summed E-state index contributed by atoms with van der Waals surface area (Å²) in [6.07, 6.45) is 3.12. The summed E-state index contributed by atoms with van der Waals surface area (Å²) < 4.78 is 16.2. The van der Waals surface area contributed by atoms with E-state index in [1.54, 1.807) is 19.2 Å². The number of rotatable bonds is 8. The van der Waals surface area contributed by atoms with Gasteiger partial charge in [0.25, 0.3) is 5.91 Å². The van der Waals surface area contributed by atoms with Crippen LogP contribution in [0, 0.1) is 0 Å². The van der Waals surface area contributed by atoms with E-state index in [2.05, 4.69) is 5.32 Å². The SMILES string of the molecule is COCCCNC(=O)c1cccc(OC[C@H]2CCCO2)c1. The maximum absolute atomic E-state index is 12.0. The third-order valence-corrected chi connectivity index (χ3v) is 3.37. The molecule has 5 nitrogen and oxygen atoms in total. The van der Waals surface area contributed by atoms with Crippen molar-refractivity contribution in [3.63, 3.8) is 0 Å². The minimum absolute atomic E-state index is 0.0892. The molecule has 1 atom stereocenters. The van der Waals surface area contributed by atoms with Gasteiger partial charge in [0.2, 0.25) is 0 Å². The van der Waals surface area contributed by atoms with E-state index in [9.17, 15) is 4.79 Å². The van der Waals surface area contributed by atoms with E-state index in [1.807, 2.05) is 12.1 Å². The van der Waals surface area contributed by atoms with Crippen LogP contribution in [0.25, 0.3) is 0 Å². The molecule has 1 amide bonds. The first-order valence-electron chi connectivity index (χ1n) is 7.41. The smallest absolute Gasteiger partial charge is 0.251 e. The van der Waals surface area contributed by atoms with Gasteiger partial charge in [0.05, 0.1) is 6.10 Å². The molecule has 0 unspecified atom stereocenters. The summed E-state index contributed by atoms with van der Waals surface area (Å²) in [7, 11) is 1.65. The third-order valence-electron chi connectivity index (χ3n) is 3.37. The normalized spacial score (nSPS) is 17.7. The fourth-order valence-electron chi connectivity index (χ4n) is 2.21. The van der Waals surface area contributed by atoms with Crippen LogP contribution < -0.4 is 10.1 Å². The molecule has 1 aliphatic heterocycles. The van der Waals surface area contributed by atoms with Crippen LogP contribution in [0.2, 0.25) is 0 Å². The van der Waals surface area contributed by atoms with Crippen molar-refractivity contribution in [1.29, 1.82) is 0 Å². The Morgan fingerprint density at radius 1 is 1.48 bits per heavy atom. The number of hydrogen-bond donors (Lipinski definition) is 1. The number of hydrogen-bond acceptors (Lipinski definition) is 4. The van der Waals surface area contributed by atoms with Crippen LogP contribution in [0.1, 0.15) is 29.6 Å². The fraction of sp³-hybridized carbons (Fsp3) is 0.562. The van der Waals surface area contributed by atoms with Gasteiger partial charge in [-0.25, -0.2) is 0 Å². The lowest BCUT2D eigenvalue weighted by Crippen LogP contribution is -2.25. The molecule has 21 heavy (non-hydrogen) atoms. The molecule has 0 spiro atoms. The first-order valence-corrected chi connectivity index (χ1v) is 7.41. The molecule has 0 aliphatic carbocycles. The third kappa shape index (κ3) is 5.36. The van der Waals surface area contributed by atoms with E-state index in [1.165, 1.54) is 0 Å². The summed E-state index contributed by atoms with van der Waals surface area (Å²) in [5, 5.41) is 2.86. The summed E-state index contributed by atoms with van der Waals surface area (Å²) in [4.78, 5) is 12.0. The summed E-state index contributed by atoms with van der Waals surface area (Å²) in [6, 6.07) is 7.23. The van der Waals surface area contributed by atoms with Crippen molar-refractivity contribution in [3.05, 3.63) is 29.8 Å². The Morgan fingerprint density at radius 3 is 3.14 bits per heavy atom. The molecule has 0 radical (unpaired) electrons. The zero-order valence-corrected chi connectivity index (χ0v) is 12.5. The second-order valence-corrected chi connectivity index (χ2v) is 5.08. The van der Waals surface area contributed by atoms with Crippen LogP contribution in [0.15, 0.2) is 24.3 Å². The van der Waals surface area contributed by atoms with Crippen molar-refractivity contribution in [2.24, 2.45) is 0 Å². The summed E-state index contributed by atoms with van der Waals surface area (Å²) >= 11 is 0. The van der Waals surface area contributed by atoms with Gasteiger partial charge in [-0.2, -0.15) is 0 Å². The van der Waals surface area contributed by atoms with E-state index in [0.29, 0.717) is 31.1 Å². The van der Waals surface area contributed by atoms with E-state index in [0.717, 1.165) is 25.9 Å². The number of methoxy groups -OCH3 is 1. The highest BCUT2D eigenvalue weighted by molar-refractivity contribution is 5.94. The Labute approximate surface area is 125 Å². The monoisotopic (exact) mass is 293 g/mol. The maximum Gasteiger partial charge on any atom is 0.251 e. The van der Waals surface area contributed by atoms with Gasteiger partial charge >= 0.3 is 0 Å². The van der Waals surface area contributed by atoms with Crippen molar-refractivity contribution >= 4 is 5.91 Å². The summed E-state index contributed by atoms with van der Waals surface area (Å²) in [5.74, 6) is 0.615. The van der Waals surface area contributed by atoms with Gasteiger partial charge in [-0.05, 0) is 37.5 Å². The molecule has 0 bridgehead atoms. The molecule has 5 heteroatoms. The number of carbonyl (C=O) groups excluding carboxylic acids is 1. The molecule has 116 valence electrons. The number of carbonyl (C=O) groups is 1. The molecular formula is C16H23NO4. The first kappa shape index (κ1) is 15.8. The summed E-state index contributed by atoms with van der Waals surface area (Å²) in [5.41, 5.74) is 0.609. The van der Waals surface area contributed by atoms with Crippen LogP contribution >= 0.6 is 0 Å². The van der Waals surface area contributed by atoms with Crippen LogP contribution in [0.4, 0.5) is 0 Å². The molecule has 1 fully saturated rings. The Bertz CT molecular complexity index is 444. The molecule has 1 N–H and O–H groups in total. The van der Waals surface area contributed by atoms with Crippen LogP contribution in [-0.4, -0.2) is 45.5 Å². The Kier molecular flexibility index (Phi) is 6.50. The number of amides is 1. The predicted octanol–water partition coefficient (Wildman–Crippen LogP) is 2.01. The number of ether oxygens (including phenoxy) is 3. The summed E-state index contributed by atoms with van der Waals surface area (Å²) in [6.45, 7) is 2.61. The molecule has 1 aromatic carbocycles. The fourth-order valence-corrected chi connectivity index (χ4v) is 2.21. The van der Waals surface area contributed by atoms with Gasteiger partial charge in [-0.1, -0.05) is 6.07 Å².